The summed E-state index contributed by atoms with van der Waals surface area (Å²) >= 11 is 0. The van der Waals surface area contributed by atoms with E-state index in [0.29, 0.717) is 12.5 Å². The zero-order chi connectivity index (χ0) is 12.4. The molecule has 1 aliphatic carbocycles. The molecule has 0 aromatic carbocycles. The highest BCUT2D eigenvalue weighted by Crippen LogP contribution is 2.28. The van der Waals surface area contributed by atoms with Gasteiger partial charge < -0.3 is 20.4 Å². The van der Waals surface area contributed by atoms with E-state index in [0.717, 1.165) is 6.54 Å². The number of hydrogen-bond acceptors (Lipinski definition) is 5. The minimum absolute atomic E-state index is 0.183. The monoisotopic (exact) mass is 245 g/mol. The molecule has 1 saturated heterocycles. The molecule has 5 heteroatoms. The van der Waals surface area contributed by atoms with Gasteiger partial charge in [0.1, 0.15) is 12.2 Å². The fraction of sp³-hybridized carbons (Fsp3) is 1.00. The highest BCUT2D eigenvalue weighted by molar-refractivity contribution is 4.94. The van der Waals surface area contributed by atoms with Crippen molar-refractivity contribution in [3.8, 4) is 0 Å². The van der Waals surface area contributed by atoms with E-state index in [1.807, 2.05) is 4.90 Å². The number of nitrogens with zero attached hydrogens (tertiary/aromatic N) is 1. The van der Waals surface area contributed by atoms with Crippen LogP contribution in [0.5, 0.6) is 0 Å². The van der Waals surface area contributed by atoms with Crippen LogP contribution in [0.1, 0.15) is 25.7 Å². The number of hydrogen-bond donors (Lipinski definition) is 4. The van der Waals surface area contributed by atoms with Crippen molar-refractivity contribution >= 4 is 0 Å². The van der Waals surface area contributed by atoms with Crippen LogP contribution in [-0.2, 0) is 0 Å². The van der Waals surface area contributed by atoms with Crippen molar-refractivity contribution in [1.82, 2.24) is 4.90 Å². The predicted octanol–water partition coefficient (Wildman–Crippen LogP) is -1.06. The molecular weight excluding hydrogens is 222 g/mol. The highest BCUT2D eigenvalue weighted by atomic mass is 16.4. The quantitative estimate of drug-likeness (QED) is 0.509. The molecule has 1 saturated carbocycles. The molecule has 1 heterocycles. The van der Waals surface area contributed by atoms with Gasteiger partial charge in [-0.15, -0.1) is 0 Å². The number of piperidine rings is 1. The SMILES string of the molecule is OCC1C(O)C(O)C(O)CN1CC1CCCC1. The van der Waals surface area contributed by atoms with Gasteiger partial charge in [0.05, 0.1) is 18.8 Å². The van der Waals surface area contributed by atoms with Gasteiger partial charge in [0.2, 0.25) is 0 Å². The summed E-state index contributed by atoms with van der Waals surface area (Å²) in [6.07, 6.45) is 1.73. The lowest BCUT2D eigenvalue weighted by atomic mass is 9.93. The molecule has 2 aliphatic rings. The molecule has 4 atom stereocenters. The number of rotatable bonds is 3. The van der Waals surface area contributed by atoms with Crippen molar-refractivity contribution in [3.05, 3.63) is 0 Å². The van der Waals surface area contributed by atoms with Crippen molar-refractivity contribution in [2.24, 2.45) is 5.92 Å². The molecule has 0 amide bonds. The average Bonchev–Trinajstić information content (AvgIpc) is 2.79. The first kappa shape index (κ1) is 13.2. The van der Waals surface area contributed by atoms with Crippen LogP contribution in [0.2, 0.25) is 0 Å². The Morgan fingerprint density at radius 3 is 2.24 bits per heavy atom. The molecule has 5 nitrogen and oxygen atoms in total. The molecule has 0 aromatic heterocycles. The first-order chi connectivity index (χ1) is 8.13. The van der Waals surface area contributed by atoms with Crippen molar-refractivity contribution in [1.29, 1.82) is 0 Å². The minimum Gasteiger partial charge on any atom is -0.395 e. The standard InChI is InChI=1S/C12H23NO4/c14-7-9-11(16)12(17)10(15)6-13(9)5-8-3-1-2-4-8/h8-12,14-17H,1-7H2. The van der Waals surface area contributed by atoms with E-state index in [-0.39, 0.29) is 6.61 Å². The van der Waals surface area contributed by atoms with Crippen molar-refractivity contribution < 1.29 is 20.4 Å². The van der Waals surface area contributed by atoms with Crippen LogP contribution in [0.4, 0.5) is 0 Å². The zero-order valence-electron chi connectivity index (χ0n) is 10.1. The summed E-state index contributed by atoms with van der Waals surface area (Å²) in [6, 6.07) is -0.450. The van der Waals surface area contributed by atoms with Crippen LogP contribution in [0.25, 0.3) is 0 Å². The van der Waals surface area contributed by atoms with Crippen LogP contribution < -0.4 is 0 Å². The Kier molecular flexibility index (Phi) is 4.38. The van der Waals surface area contributed by atoms with Gasteiger partial charge in [-0.2, -0.15) is 0 Å². The summed E-state index contributed by atoms with van der Waals surface area (Å²) in [4.78, 5) is 1.93. The summed E-state index contributed by atoms with van der Waals surface area (Å²) < 4.78 is 0. The van der Waals surface area contributed by atoms with Gasteiger partial charge in [-0.3, -0.25) is 4.90 Å². The van der Waals surface area contributed by atoms with E-state index < -0.39 is 24.4 Å². The molecule has 2 rings (SSSR count). The lowest BCUT2D eigenvalue weighted by molar-refractivity contribution is -0.147. The normalized spacial score (nSPS) is 40.9. The molecule has 2 fully saturated rings. The van der Waals surface area contributed by atoms with Crippen molar-refractivity contribution in [2.75, 3.05) is 19.7 Å². The lowest BCUT2D eigenvalue weighted by Gasteiger charge is -2.44. The smallest absolute Gasteiger partial charge is 0.109 e. The molecule has 1 aliphatic heterocycles. The zero-order valence-corrected chi connectivity index (χ0v) is 10.1. The first-order valence-electron chi connectivity index (χ1n) is 6.52. The maximum absolute atomic E-state index is 9.84. The Morgan fingerprint density at radius 1 is 1.00 bits per heavy atom. The Bertz CT molecular complexity index is 245. The maximum atomic E-state index is 9.84. The van der Waals surface area contributed by atoms with Crippen molar-refractivity contribution in [3.63, 3.8) is 0 Å². The Labute approximate surface area is 102 Å². The van der Waals surface area contributed by atoms with Gasteiger partial charge in [-0.1, -0.05) is 12.8 Å². The summed E-state index contributed by atoms with van der Waals surface area (Å²) in [5.41, 5.74) is 0. The van der Waals surface area contributed by atoms with E-state index >= 15 is 0 Å². The summed E-state index contributed by atoms with van der Waals surface area (Å²) in [5.74, 6) is 0.596. The first-order valence-corrected chi connectivity index (χ1v) is 6.52. The van der Waals surface area contributed by atoms with Gasteiger partial charge in [0.25, 0.3) is 0 Å². The Balaban J connectivity index is 1.98. The van der Waals surface area contributed by atoms with Crippen LogP contribution in [0, 0.1) is 5.92 Å². The van der Waals surface area contributed by atoms with Gasteiger partial charge >= 0.3 is 0 Å². The fourth-order valence-corrected chi connectivity index (χ4v) is 3.11. The van der Waals surface area contributed by atoms with Crippen LogP contribution >= 0.6 is 0 Å². The van der Waals surface area contributed by atoms with Gasteiger partial charge in [0, 0.05) is 13.1 Å². The second-order valence-electron chi connectivity index (χ2n) is 5.40. The summed E-state index contributed by atoms with van der Waals surface area (Å²) in [5, 5.41) is 38.4. The molecule has 100 valence electrons. The number of aliphatic hydroxyl groups excluding tert-OH is 4. The molecule has 17 heavy (non-hydrogen) atoms. The second-order valence-corrected chi connectivity index (χ2v) is 5.40. The number of aliphatic hydroxyl groups is 4. The molecule has 4 unspecified atom stereocenters. The fourth-order valence-electron chi connectivity index (χ4n) is 3.11. The van der Waals surface area contributed by atoms with E-state index in [4.69, 9.17) is 0 Å². The van der Waals surface area contributed by atoms with E-state index in [1.54, 1.807) is 0 Å². The molecule has 4 N–H and O–H groups in total. The highest BCUT2D eigenvalue weighted by Gasteiger charge is 2.41. The van der Waals surface area contributed by atoms with Gasteiger partial charge in [-0.25, -0.2) is 0 Å². The van der Waals surface area contributed by atoms with E-state index in [2.05, 4.69) is 0 Å². The molecule has 0 spiro atoms. The third-order valence-corrected chi connectivity index (χ3v) is 4.18. The molecule has 0 aromatic rings. The maximum Gasteiger partial charge on any atom is 0.109 e. The van der Waals surface area contributed by atoms with E-state index in [1.165, 1.54) is 25.7 Å². The topological polar surface area (TPSA) is 84.2 Å². The molecule has 0 radical (unpaired) electrons. The summed E-state index contributed by atoms with van der Waals surface area (Å²) in [7, 11) is 0. The second kappa shape index (κ2) is 5.63. The van der Waals surface area contributed by atoms with Gasteiger partial charge in [-0.05, 0) is 18.8 Å². The third kappa shape index (κ3) is 2.80. The van der Waals surface area contributed by atoms with Crippen LogP contribution in [0.15, 0.2) is 0 Å². The largest absolute Gasteiger partial charge is 0.395 e. The Morgan fingerprint density at radius 2 is 1.65 bits per heavy atom. The third-order valence-electron chi connectivity index (χ3n) is 4.18. The molecule has 0 bridgehead atoms. The summed E-state index contributed by atoms with van der Waals surface area (Å²) in [6.45, 7) is 0.948. The Hall–Kier alpha value is -0.200. The van der Waals surface area contributed by atoms with Crippen LogP contribution in [-0.4, -0.2) is 69.4 Å². The van der Waals surface area contributed by atoms with Crippen molar-refractivity contribution in [2.45, 2.75) is 50.0 Å². The van der Waals surface area contributed by atoms with E-state index in [9.17, 15) is 20.4 Å². The predicted molar refractivity (Wildman–Crippen MR) is 62.4 cm³/mol. The number of β-amino-alcohol motifs (C(OH)–C–C–N with tert-alkyl or cyclic N) is 1. The lowest BCUT2D eigenvalue weighted by Crippen LogP contribution is -2.63. The average molecular weight is 245 g/mol. The minimum atomic E-state index is -1.15. The molecular formula is C12H23NO4. The van der Waals surface area contributed by atoms with Crippen LogP contribution in [0.3, 0.4) is 0 Å². The number of likely N-dealkylation sites (tertiary alicyclic amines) is 1. The van der Waals surface area contributed by atoms with Gasteiger partial charge in [0.15, 0.2) is 0 Å².